The highest BCUT2D eigenvalue weighted by Gasteiger charge is 2.30. The Kier molecular flexibility index (Phi) is 3.69. The summed E-state index contributed by atoms with van der Waals surface area (Å²) in [7, 11) is 1.95. The van der Waals surface area contributed by atoms with E-state index in [9.17, 15) is 15.0 Å². The molecule has 1 saturated heterocycles. The molecule has 1 fully saturated rings. The van der Waals surface area contributed by atoms with Crippen molar-refractivity contribution >= 4 is 16.8 Å². The Morgan fingerprint density at radius 1 is 1.38 bits per heavy atom. The topological polar surface area (TPSA) is 65.7 Å². The van der Waals surface area contributed by atoms with Gasteiger partial charge in [0.1, 0.15) is 0 Å². The number of piperidine rings is 1. The first-order chi connectivity index (χ1) is 10.1. The minimum absolute atomic E-state index is 0.0303. The molecular formula is C16H20N2O3. The standard InChI is InChI=1S/C16H20N2O3/c1-17-7-6-12-13(3-2-4-14(12)17)16(21)18-8-5-11(10-19)15(20)9-18/h2-4,6-7,11,15,19-20H,5,8-10H2,1H3/t11-,15+/m1/s1. The Hall–Kier alpha value is -1.85. The van der Waals surface area contributed by atoms with E-state index in [1.165, 1.54) is 0 Å². The van der Waals surface area contributed by atoms with E-state index in [0.29, 0.717) is 18.5 Å². The third-order valence-electron chi connectivity index (χ3n) is 4.40. The number of nitrogens with zero attached hydrogens (tertiary/aromatic N) is 2. The fourth-order valence-corrected chi connectivity index (χ4v) is 3.04. The summed E-state index contributed by atoms with van der Waals surface area (Å²) in [5.74, 6) is -0.177. The van der Waals surface area contributed by atoms with Gasteiger partial charge in [-0.2, -0.15) is 0 Å². The number of likely N-dealkylation sites (tertiary alicyclic amines) is 1. The van der Waals surface area contributed by atoms with Crippen molar-refractivity contribution in [1.29, 1.82) is 0 Å². The first kappa shape index (κ1) is 14.1. The molecule has 1 amide bonds. The van der Waals surface area contributed by atoms with Gasteiger partial charge in [-0.1, -0.05) is 6.07 Å². The lowest BCUT2D eigenvalue weighted by molar-refractivity contribution is 0.000951. The Morgan fingerprint density at radius 2 is 2.19 bits per heavy atom. The van der Waals surface area contributed by atoms with Crippen LogP contribution in [0.25, 0.3) is 10.9 Å². The van der Waals surface area contributed by atoms with Gasteiger partial charge in [-0.15, -0.1) is 0 Å². The van der Waals surface area contributed by atoms with Crippen LogP contribution in [0.3, 0.4) is 0 Å². The molecular weight excluding hydrogens is 268 g/mol. The number of fused-ring (bicyclic) bond motifs is 1. The van der Waals surface area contributed by atoms with Gasteiger partial charge in [0, 0.05) is 55.3 Å². The van der Waals surface area contributed by atoms with Crippen molar-refractivity contribution in [3.63, 3.8) is 0 Å². The first-order valence-corrected chi connectivity index (χ1v) is 7.24. The second-order valence-electron chi connectivity index (χ2n) is 5.71. The molecule has 2 heterocycles. The van der Waals surface area contributed by atoms with E-state index in [-0.39, 0.29) is 25.0 Å². The van der Waals surface area contributed by atoms with E-state index in [2.05, 4.69) is 0 Å². The average Bonchev–Trinajstić information content (AvgIpc) is 2.88. The van der Waals surface area contributed by atoms with Gasteiger partial charge < -0.3 is 19.7 Å². The molecule has 0 unspecified atom stereocenters. The van der Waals surface area contributed by atoms with Crippen LogP contribution in [-0.2, 0) is 7.05 Å². The molecule has 0 spiro atoms. The number of hydrogen-bond acceptors (Lipinski definition) is 3. The highest BCUT2D eigenvalue weighted by Crippen LogP contribution is 2.24. The van der Waals surface area contributed by atoms with E-state index < -0.39 is 6.10 Å². The van der Waals surface area contributed by atoms with Gasteiger partial charge in [0.2, 0.25) is 0 Å². The molecule has 0 radical (unpaired) electrons. The van der Waals surface area contributed by atoms with Crippen molar-refractivity contribution in [2.75, 3.05) is 19.7 Å². The van der Waals surface area contributed by atoms with Gasteiger partial charge in [0.25, 0.3) is 5.91 Å². The van der Waals surface area contributed by atoms with Crippen LogP contribution in [0.5, 0.6) is 0 Å². The summed E-state index contributed by atoms with van der Waals surface area (Å²) in [5.41, 5.74) is 1.69. The zero-order valence-corrected chi connectivity index (χ0v) is 12.1. The van der Waals surface area contributed by atoms with E-state index in [1.54, 1.807) is 4.90 Å². The summed E-state index contributed by atoms with van der Waals surface area (Å²) in [4.78, 5) is 14.4. The summed E-state index contributed by atoms with van der Waals surface area (Å²) in [6.07, 6.45) is 1.92. The largest absolute Gasteiger partial charge is 0.396 e. The van der Waals surface area contributed by atoms with Crippen molar-refractivity contribution in [2.45, 2.75) is 12.5 Å². The quantitative estimate of drug-likeness (QED) is 0.866. The molecule has 5 heteroatoms. The number of rotatable bonds is 2. The van der Waals surface area contributed by atoms with Crippen molar-refractivity contribution in [3.8, 4) is 0 Å². The summed E-state index contributed by atoms with van der Waals surface area (Å²) in [5, 5.41) is 20.1. The van der Waals surface area contributed by atoms with Crippen LogP contribution in [0.1, 0.15) is 16.8 Å². The summed E-state index contributed by atoms with van der Waals surface area (Å²) in [6, 6.07) is 7.64. The molecule has 1 aliphatic rings. The van der Waals surface area contributed by atoms with Gasteiger partial charge in [0.15, 0.2) is 0 Å². The highest BCUT2D eigenvalue weighted by atomic mass is 16.3. The van der Waals surface area contributed by atoms with Gasteiger partial charge >= 0.3 is 0 Å². The van der Waals surface area contributed by atoms with Crippen LogP contribution in [0.4, 0.5) is 0 Å². The number of aryl methyl sites for hydroxylation is 1. The molecule has 5 nitrogen and oxygen atoms in total. The highest BCUT2D eigenvalue weighted by molar-refractivity contribution is 6.06. The summed E-state index contributed by atoms with van der Waals surface area (Å²) < 4.78 is 1.99. The summed E-state index contributed by atoms with van der Waals surface area (Å²) in [6.45, 7) is 0.828. The van der Waals surface area contributed by atoms with Gasteiger partial charge in [-0.3, -0.25) is 4.79 Å². The van der Waals surface area contributed by atoms with Crippen LogP contribution < -0.4 is 0 Å². The van der Waals surface area contributed by atoms with Crippen molar-refractivity contribution in [3.05, 3.63) is 36.0 Å². The molecule has 1 aliphatic heterocycles. The Bertz CT molecular complexity index is 665. The molecule has 0 aliphatic carbocycles. The lowest BCUT2D eigenvalue weighted by atomic mass is 9.94. The molecule has 0 bridgehead atoms. The maximum Gasteiger partial charge on any atom is 0.254 e. The number of carbonyl (C=O) groups excluding carboxylic acids is 1. The van der Waals surface area contributed by atoms with Crippen LogP contribution in [-0.4, -0.2) is 51.4 Å². The van der Waals surface area contributed by atoms with Crippen molar-refractivity contribution in [2.24, 2.45) is 13.0 Å². The van der Waals surface area contributed by atoms with Crippen molar-refractivity contribution < 1.29 is 15.0 Å². The SMILES string of the molecule is Cn1ccc2c(C(=O)N3CC[C@H](CO)[C@@H](O)C3)cccc21. The number of amides is 1. The Morgan fingerprint density at radius 3 is 2.90 bits per heavy atom. The second kappa shape index (κ2) is 5.50. The van der Waals surface area contributed by atoms with Gasteiger partial charge in [-0.25, -0.2) is 0 Å². The molecule has 1 aromatic carbocycles. The molecule has 112 valence electrons. The maximum absolute atomic E-state index is 12.7. The van der Waals surface area contributed by atoms with Crippen LogP contribution >= 0.6 is 0 Å². The third-order valence-corrected chi connectivity index (χ3v) is 4.40. The average molecular weight is 288 g/mol. The number of aliphatic hydroxyl groups excluding tert-OH is 2. The van der Waals surface area contributed by atoms with Crippen LogP contribution in [0.15, 0.2) is 30.5 Å². The molecule has 2 aromatic rings. The van der Waals surface area contributed by atoms with Crippen molar-refractivity contribution in [1.82, 2.24) is 9.47 Å². The molecule has 2 atom stereocenters. The lowest BCUT2D eigenvalue weighted by Crippen LogP contribution is -2.47. The number of benzene rings is 1. The number of aromatic nitrogens is 1. The molecule has 21 heavy (non-hydrogen) atoms. The predicted octanol–water partition coefficient (Wildman–Crippen LogP) is 0.994. The van der Waals surface area contributed by atoms with E-state index >= 15 is 0 Å². The lowest BCUT2D eigenvalue weighted by Gasteiger charge is -2.35. The van der Waals surface area contributed by atoms with Gasteiger partial charge in [0.05, 0.1) is 6.10 Å². The molecule has 3 rings (SSSR count). The van der Waals surface area contributed by atoms with Gasteiger partial charge in [-0.05, 0) is 24.6 Å². The minimum atomic E-state index is -0.650. The van der Waals surface area contributed by atoms with Crippen LogP contribution in [0.2, 0.25) is 0 Å². The number of carbonyl (C=O) groups is 1. The minimum Gasteiger partial charge on any atom is -0.396 e. The number of aliphatic hydroxyl groups is 2. The zero-order chi connectivity index (χ0) is 15.0. The summed E-state index contributed by atoms with van der Waals surface area (Å²) >= 11 is 0. The fourth-order valence-electron chi connectivity index (χ4n) is 3.04. The van der Waals surface area contributed by atoms with Crippen LogP contribution in [0, 0.1) is 5.92 Å². The fraction of sp³-hybridized carbons (Fsp3) is 0.438. The third kappa shape index (κ3) is 2.43. The monoisotopic (exact) mass is 288 g/mol. The van der Waals surface area contributed by atoms with E-state index in [1.807, 2.05) is 42.1 Å². The first-order valence-electron chi connectivity index (χ1n) is 7.24. The molecule has 0 saturated carbocycles. The zero-order valence-electron chi connectivity index (χ0n) is 12.1. The Labute approximate surface area is 123 Å². The van der Waals surface area contributed by atoms with E-state index in [4.69, 9.17) is 0 Å². The normalized spacial score (nSPS) is 22.7. The Balaban J connectivity index is 1.88. The predicted molar refractivity (Wildman–Crippen MR) is 80.0 cm³/mol. The van der Waals surface area contributed by atoms with E-state index in [0.717, 1.165) is 10.9 Å². The molecule has 2 N–H and O–H groups in total. The number of hydrogen-bond donors (Lipinski definition) is 2. The second-order valence-corrected chi connectivity index (χ2v) is 5.71. The molecule has 1 aromatic heterocycles. The number of β-amino-alcohol motifs (C(OH)–C–C–N with tert-alkyl or cyclic N) is 1. The smallest absolute Gasteiger partial charge is 0.254 e. The maximum atomic E-state index is 12.7.